The number of hydrogen-bond donors (Lipinski definition) is 1. The van der Waals surface area contributed by atoms with E-state index in [9.17, 15) is 4.79 Å². The Hall–Kier alpha value is -1.86. The van der Waals surface area contributed by atoms with Crippen LogP contribution in [-0.2, 0) is 22.5 Å². The van der Waals surface area contributed by atoms with E-state index in [4.69, 9.17) is 4.74 Å². The van der Waals surface area contributed by atoms with Crippen LogP contribution in [-0.4, -0.2) is 34.1 Å². The number of amides is 1. The molecule has 2 aromatic heterocycles. The molecule has 1 aliphatic heterocycles. The molecule has 0 radical (unpaired) electrons. The fraction of sp³-hybridized carbons (Fsp3) is 0.500. The van der Waals surface area contributed by atoms with Gasteiger partial charge in [0.1, 0.15) is 5.82 Å². The monoisotopic (exact) mass is 332 g/mol. The van der Waals surface area contributed by atoms with E-state index >= 15 is 0 Å². The lowest BCUT2D eigenvalue weighted by Gasteiger charge is -2.20. The SMILES string of the molecule is Cc1nc(CC(=O)NCc2ccnc(C3CCCOC3)n2)cs1. The van der Waals surface area contributed by atoms with Crippen molar-refractivity contribution in [2.24, 2.45) is 0 Å². The van der Waals surface area contributed by atoms with Crippen molar-refractivity contribution in [1.82, 2.24) is 20.3 Å². The maximum atomic E-state index is 12.0. The topological polar surface area (TPSA) is 77.0 Å². The number of aromatic nitrogens is 3. The minimum Gasteiger partial charge on any atom is -0.381 e. The second-order valence-corrected chi connectivity index (χ2v) is 6.69. The molecule has 1 saturated heterocycles. The van der Waals surface area contributed by atoms with Gasteiger partial charge >= 0.3 is 0 Å². The van der Waals surface area contributed by atoms with E-state index in [1.165, 1.54) is 0 Å². The van der Waals surface area contributed by atoms with Crippen molar-refractivity contribution in [3.8, 4) is 0 Å². The zero-order chi connectivity index (χ0) is 16.1. The van der Waals surface area contributed by atoms with Crippen molar-refractivity contribution >= 4 is 17.2 Å². The summed E-state index contributed by atoms with van der Waals surface area (Å²) >= 11 is 1.56. The quantitative estimate of drug-likeness (QED) is 0.906. The summed E-state index contributed by atoms with van der Waals surface area (Å²) in [5.41, 5.74) is 1.64. The second-order valence-electron chi connectivity index (χ2n) is 5.63. The summed E-state index contributed by atoms with van der Waals surface area (Å²) < 4.78 is 5.49. The van der Waals surface area contributed by atoms with Gasteiger partial charge in [-0.15, -0.1) is 11.3 Å². The van der Waals surface area contributed by atoms with Crippen LogP contribution in [0.2, 0.25) is 0 Å². The Morgan fingerprint density at radius 1 is 1.43 bits per heavy atom. The third-order valence-electron chi connectivity index (χ3n) is 3.73. The average molecular weight is 332 g/mol. The van der Waals surface area contributed by atoms with E-state index in [1.807, 2.05) is 18.4 Å². The van der Waals surface area contributed by atoms with Gasteiger partial charge in [0.2, 0.25) is 5.91 Å². The molecule has 23 heavy (non-hydrogen) atoms. The van der Waals surface area contributed by atoms with E-state index in [0.29, 0.717) is 19.6 Å². The number of rotatable bonds is 5. The Morgan fingerprint density at radius 2 is 2.35 bits per heavy atom. The van der Waals surface area contributed by atoms with Gasteiger partial charge in [-0.25, -0.2) is 15.0 Å². The zero-order valence-corrected chi connectivity index (χ0v) is 13.9. The molecule has 3 rings (SSSR count). The standard InChI is InChI=1S/C16H20N4O2S/c1-11-19-14(10-23-11)7-15(21)18-8-13-4-5-17-16(20-13)12-3-2-6-22-9-12/h4-5,10,12H,2-3,6-9H2,1H3,(H,18,21). The van der Waals surface area contributed by atoms with E-state index in [2.05, 4.69) is 20.3 Å². The largest absolute Gasteiger partial charge is 0.381 e. The maximum Gasteiger partial charge on any atom is 0.226 e. The first-order valence-corrected chi connectivity index (χ1v) is 8.66. The molecular formula is C16H20N4O2S. The molecule has 0 aromatic carbocycles. The van der Waals surface area contributed by atoms with Crippen LogP contribution in [0, 0.1) is 6.92 Å². The Morgan fingerprint density at radius 3 is 3.09 bits per heavy atom. The van der Waals surface area contributed by atoms with Crippen LogP contribution >= 0.6 is 11.3 Å². The number of nitrogens with one attached hydrogen (secondary N) is 1. The number of hydrogen-bond acceptors (Lipinski definition) is 6. The Balaban J connectivity index is 1.54. The Labute approximate surface area is 139 Å². The summed E-state index contributed by atoms with van der Waals surface area (Å²) in [6.07, 6.45) is 4.15. The smallest absolute Gasteiger partial charge is 0.226 e. The summed E-state index contributed by atoms with van der Waals surface area (Å²) in [6.45, 7) is 3.84. The predicted octanol–water partition coefficient (Wildman–Crippen LogP) is 1.99. The van der Waals surface area contributed by atoms with Gasteiger partial charge in [0.05, 0.1) is 36.0 Å². The number of ether oxygens (including phenoxy) is 1. The summed E-state index contributed by atoms with van der Waals surface area (Å²) in [6, 6.07) is 1.83. The molecule has 1 fully saturated rings. The van der Waals surface area contributed by atoms with Crippen LogP contribution in [0.4, 0.5) is 0 Å². The van der Waals surface area contributed by atoms with Crippen molar-refractivity contribution in [3.63, 3.8) is 0 Å². The molecule has 1 amide bonds. The Kier molecular flexibility index (Phi) is 5.30. The number of thiazole rings is 1. The molecule has 0 bridgehead atoms. The van der Waals surface area contributed by atoms with Gasteiger partial charge in [-0.2, -0.15) is 0 Å². The maximum absolute atomic E-state index is 12.0. The second kappa shape index (κ2) is 7.61. The Bertz CT molecular complexity index is 668. The van der Waals surface area contributed by atoms with Gasteiger partial charge in [0.25, 0.3) is 0 Å². The lowest BCUT2D eigenvalue weighted by atomic mass is 10.0. The first kappa shape index (κ1) is 16.0. The first-order chi connectivity index (χ1) is 11.2. The third-order valence-corrected chi connectivity index (χ3v) is 4.55. The summed E-state index contributed by atoms with van der Waals surface area (Å²) in [7, 11) is 0. The highest BCUT2D eigenvalue weighted by molar-refractivity contribution is 7.09. The van der Waals surface area contributed by atoms with Crippen molar-refractivity contribution in [2.75, 3.05) is 13.2 Å². The molecule has 0 saturated carbocycles. The minimum atomic E-state index is -0.0449. The highest BCUT2D eigenvalue weighted by Gasteiger charge is 2.19. The van der Waals surface area contributed by atoms with Gasteiger partial charge in [-0.3, -0.25) is 4.79 Å². The molecule has 6 nitrogen and oxygen atoms in total. The molecule has 0 spiro atoms. The zero-order valence-electron chi connectivity index (χ0n) is 13.1. The van der Waals surface area contributed by atoms with Gasteiger partial charge in [-0.1, -0.05) is 0 Å². The molecule has 0 aliphatic carbocycles. The normalized spacial score (nSPS) is 17.9. The minimum absolute atomic E-state index is 0.0449. The molecule has 1 aliphatic rings. The summed E-state index contributed by atoms with van der Waals surface area (Å²) in [5.74, 6) is 1.03. The highest BCUT2D eigenvalue weighted by Crippen LogP contribution is 2.22. The number of carbonyl (C=O) groups is 1. The van der Waals surface area contributed by atoms with Crippen molar-refractivity contribution in [1.29, 1.82) is 0 Å². The van der Waals surface area contributed by atoms with Gasteiger partial charge in [0, 0.05) is 24.1 Å². The van der Waals surface area contributed by atoms with Crippen molar-refractivity contribution in [3.05, 3.63) is 39.9 Å². The number of carbonyl (C=O) groups excluding carboxylic acids is 1. The van der Waals surface area contributed by atoms with Crippen LogP contribution in [0.1, 0.15) is 41.0 Å². The van der Waals surface area contributed by atoms with Crippen LogP contribution in [0.25, 0.3) is 0 Å². The highest BCUT2D eigenvalue weighted by atomic mass is 32.1. The van der Waals surface area contributed by atoms with Crippen molar-refractivity contribution in [2.45, 2.75) is 38.6 Å². The van der Waals surface area contributed by atoms with Gasteiger partial charge in [-0.05, 0) is 25.8 Å². The molecule has 1 N–H and O–H groups in total. The van der Waals surface area contributed by atoms with Crippen LogP contribution < -0.4 is 5.32 Å². The molecule has 1 unspecified atom stereocenters. The van der Waals surface area contributed by atoms with E-state index in [-0.39, 0.29) is 11.8 Å². The lowest BCUT2D eigenvalue weighted by Crippen LogP contribution is -2.26. The molecule has 2 aromatic rings. The van der Waals surface area contributed by atoms with E-state index in [0.717, 1.165) is 41.7 Å². The van der Waals surface area contributed by atoms with Gasteiger partial charge in [0.15, 0.2) is 0 Å². The summed E-state index contributed by atoms with van der Waals surface area (Å²) in [4.78, 5) is 25.2. The number of nitrogens with zero attached hydrogens (tertiary/aromatic N) is 3. The molecule has 1 atom stereocenters. The molecule has 122 valence electrons. The first-order valence-electron chi connectivity index (χ1n) is 7.78. The summed E-state index contributed by atoms with van der Waals surface area (Å²) in [5, 5.41) is 5.78. The predicted molar refractivity (Wildman–Crippen MR) is 87.2 cm³/mol. The molecule has 3 heterocycles. The van der Waals surface area contributed by atoms with Gasteiger partial charge < -0.3 is 10.1 Å². The van der Waals surface area contributed by atoms with E-state index < -0.39 is 0 Å². The average Bonchev–Trinajstić information content (AvgIpc) is 2.99. The van der Waals surface area contributed by atoms with Crippen LogP contribution in [0.3, 0.4) is 0 Å². The molecular weight excluding hydrogens is 312 g/mol. The third kappa shape index (κ3) is 4.56. The fourth-order valence-corrected chi connectivity index (χ4v) is 3.17. The van der Waals surface area contributed by atoms with Crippen LogP contribution in [0.15, 0.2) is 17.6 Å². The fourth-order valence-electron chi connectivity index (χ4n) is 2.56. The lowest BCUT2D eigenvalue weighted by molar-refractivity contribution is -0.120. The number of aryl methyl sites for hydroxylation is 1. The molecule has 7 heteroatoms. The van der Waals surface area contributed by atoms with E-state index in [1.54, 1.807) is 17.5 Å². The van der Waals surface area contributed by atoms with Crippen LogP contribution in [0.5, 0.6) is 0 Å². The van der Waals surface area contributed by atoms with Crippen molar-refractivity contribution < 1.29 is 9.53 Å².